The number of nitrogens with zero attached hydrogens (tertiary/aromatic N) is 4. The molecule has 0 atom stereocenters. The van der Waals surface area contributed by atoms with Gasteiger partial charge in [-0.3, -0.25) is 9.89 Å². The van der Waals surface area contributed by atoms with Crippen molar-refractivity contribution in [1.82, 2.24) is 25.3 Å². The Morgan fingerprint density at radius 1 is 1.15 bits per heavy atom. The molecule has 11 nitrogen and oxygen atoms in total. The number of ether oxygens (including phenoxy) is 1. The third-order valence-corrected chi connectivity index (χ3v) is 4.85. The topological polar surface area (TPSA) is 143 Å². The van der Waals surface area contributed by atoms with Crippen LogP contribution in [0.3, 0.4) is 0 Å². The standard InChI is InChI=1S/C23H26N8O3/c1-14-8-20(34-31-14)13-25-23-24-7-6-21(28-23)27-22-12-17(29-30-22)5-4-16-9-18(26-15(2)32)11-19(10-16)33-3/h6-12H,4-5,13H2,1-3H3,(H,26,32)(H3,24,25,27,28,29,30). The van der Waals surface area contributed by atoms with Crippen molar-refractivity contribution < 1.29 is 14.1 Å². The second-order valence-electron chi connectivity index (χ2n) is 7.71. The van der Waals surface area contributed by atoms with Gasteiger partial charge in [-0.1, -0.05) is 5.16 Å². The summed E-state index contributed by atoms with van der Waals surface area (Å²) in [5.41, 5.74) is 3.53. The highest BCUT2D eigenvalue weighted by atomic mass is 16.5. The second kappa shape index (κ2) is 10.5. The molecule has 0 saturated carbocycles. The van der Waals surface area contributed by atoms with Gasteiger partial charge in [0, 0.05) is 42.7 Å². The number of rotatable bonds is 10. The number of benzene rings is 1. The second-order valence-corrected chi connectivity index (χ2v) is 7.71. The summed E-state index contributed by atoms with van der Waals surface area (Å²) < 4.78 is 10.5. The molecule has 3 heterocycles. The van der Waals surface area contributed by atoms with Crippen LogP contribution in [0.1, 0.15) is 29.6 Å². The number of aryl methyl sites for hydroxylation is 3. The van der Waals surface area contributed by atoms with Crippen molar-refractivity contribution >= 4 is 29.2 Å². The lowest BCUT2D eigenvalue weighted by molar-refractivity contribution is -0.114. The summed E-state index contributed by atoms with van der Waals surface area (Å²) in [4.78, 5) is 20.1. The molecule has 0 unspecified atom stereocenters. The third-order valence-electron chi connectivity index (χ3n) is 4.85. The van der Waals surface area contributed by atoms with Crippen molar-refractivity contribution in [2.75, 3.05) is 23.1 Å². The number of aromatic nitrogens is 5. The molecule has 0 saturated heterocycles. The summed E-state index contributed by atoms with van der Waals surface area (Å²) >= 11 is 0. The molecule has 1 amide bonds. The Labute approximate surface area is 196 Å². The van der Waals surface area contributed by atoms with Gasteiger partial charge in [0.25, 0.3) is 0 Å². The zero-order valence-corrected chi connectivity index (χ0v) is 19.2. The number of methoxy groups -OCH3 is 1. The zero-order chi connectivity index (χ0) is 23.9. The molecule has 3 aromatic heterocycles. The van der Waals surface area contributed by atoms with E-state index >= 15 is 0 Å². The number of aromatic amines is 1. The van der Waals surface area contributed by atoms with Crippen molar-refractivity contribution in [2.24, 2.45) is 0 Å². The fraction of sp³-hybridized carbons (Fsp3) is 0.261. The Morgan fingerprint density at radius 3 is 2.79 bits per heavy atom. The van der Waals surface area contributed by atoms with Gasteiger partial charge in [0.1, 0.15) is 11.6 Å². The van der Waals surface area contributed by atoms with E-state index in [1.807, 2.05) is 31.2 Å². The normalized spacial score (nSPS) is 10.7. The number of H-pyrrole nitrogens is 1. The third kappa shape index (κ3) is 6.31. The van der Waals surface area contributed by atoms with Crippen LogP contribution < -0.4 is 20.7 Å². The number of amides is 1. The predicted molar refractivity (Wildman–Crippen MR) is 127 cm³/mol. The lowest BCUT2D eigenvalue weighted by Crippen LogP contribution is -2.06. The summed E-state index contributed by atoms with van der Waals surface area (Å²) in [6.07, 6.45) is 3.13. The number of hydrogen-bond acceptors (Lipinski definition) is 9. The van der Waals surface area contributed by atoms with Crippen molar-refractivity contribution in [2.45, 2.75) is 33.2 Å². The first kappa shape index (κ1) is 22.8. The maximum atomic E-state index is 11.4. The number of carbonyl (C=O) groups excluding carboxylic acids is 1. The van der Waals surface area contributed by atoms with Crippen LogP contribution in [0.4, 0.5) is 23.3 Å². The molecule has 1 aromatic carbocycles. The molecule has 0 fully saturated rings. The van der Waals surface area contributed by atoms with Gasteiger partial charge in [-0.05, 0) is 43.5 Å². The van der Waals surface area contributed by atoms with E-state index in [4.69, 9.17) is 9.26 Å². The van der Waals surface area contributed by atoms with E-state index in [-0.39, 0.29) is 5.91 Å². The number of anilines is 4. The van der Waals surface area contributed by atoms with Gasteiger partial charge >= 0.3 is 0 Å². The highest BCUT2D eigenvalue weighted by Gasteiger charge is 2.08. The van der Waals surface area contributed by atoms with Crippen LogP contribution in [0.25, 0.3) is 0 Å². The van der Waals surface area contributed by atoms with E-state index < -0.39 is 0 Å². The van der Waals surface area contributed by atoms with Crippen LogP contribution in [0.15, 0.2) is 47.1 Å². The molecule has 0 spiro atoms. The molecule has 11 heteroatoms. The number of carbonyl (C=O) groups is 1. The molecule has 4 aromatic rings. The smallest absolute Gasteiger partial charge is 0.224 e. The van der Waals surface area contributed by atoms with Gasteiger partial charge in [-0.15, -0.1) is 0 Å². The van der Waals surface area contributed by atoms with Gasteiger partial charge in [-0.2, -0.15) is 10.1 Å². The summed E-state index contributed by atoms with van der Waals surface area (Å²) in [6.45, 7) is 3.78. The molecule has 176 valence electrons. The van der Waals surface area contributed by atoms with Gasteiger partial charge < -0.3 is 25.2 Å². The summed E-state index contributed by atoms with van der Waals surface area (Å²) in [5.74, 6) is 2.99. The van der Waals surface area contributed by atoms with Crippen molar-refractivity contribution in [3.63, 3.8) is 0 Å². The van der Waals surface area contributed by atoms with Gasteiger partial charge in [0.05, 0.1) is 19.3 Å². The minimum atomic E-state index is -0.125. The summed E-state index contributed by atoms with van der Waals surface area (Å²) in [6, 6.07) is 11.2. The highest BCUT2D eigenvalue weighted by Crippen LogP contribution is 2.22. The molecular weight excluding hydrogens is 436 g/mol. The minimum absolute atomic E-state index is 0.125. The monoisotopic (exact) mass is 462 g/mol. The molecule has 4 rings (SSSR count). The first-order valence-electron chi connectivity index (χ1n) is 10.7. The van der Waals surface area contributed by atoms with Crippen LogP contribution in [0.5, 0.6) is 5.75 Å². The molecule has 4 N–H and O–H groups in total. The minimum Gasteiger partial charge on any atom is -0.497 e. The SMILES string of the molecule is COc1cc(CCc2cc(Nc3ccnc(NCc4cc(C)no4)n3)n[nH]2)cc(NC(C)=O)c1. The van der Waals surface area contributed by atoms with Crippen LogP contribution >= 0.6 is 0 Å². The van der Waals surface area contributed by atoms with Gasteiger partial charge in [0.2, 0.25) is 11.9 Å². The Balaban J connectivity index is 1.34. The van der Waals surface area contributed by atoms with Crippen LogP contribution in [-0.2, 0) is 24.2 Å². The number of hydrogen-bond donors (Lipinski definition) is 4. The molecule has 0 radical (unpaired) electrons. The molecule has 0 bridgehead atoms. The van der Waals surface area contributed by atoms with Crippen LogP contribution in [0, 0.1) is 6.92 Å². The van der Waals surface area contributed by atoms with Crippen LogP contribution in [-0.4, -0.2) is 38.3 Å². The Morgan fingerprint density at radius 2 is 2.03 bits per heavy atom. The average molecular weight is 463 g/mol. The number of nitrogens with one attached hydrogen (secondary N) is 4. The first-order valence-corrected chi connectivity index (χ1v) is 10.7. The highest BCUT2D eigenvalue weighted by molar-refractivity contribution is 5.89. The molecule has 0 aliphatic carbocycles. The van der Waals surface area contributed by atoms with Crippen LogP contribution in [0.2, 0.25) is 0 Å². The quantitative estimate of drug-likeness (QED) is 0.278. The maximum Gasteiger partial charge on any atom is 0.224 e. The van der Waals surface area contributed by atoms with Crippen molar-refractivity contribution in [3.05, 3.63) is 65.3 Å². The van der Waals surface area contributed by atoms with E-state index in [2.05, 4.69) is 41.3 Å². The Bertz CT molecular complexity index is 1270. The summed E-state index contributed by atoms with van der Waals surface area (Å²) in [7, 11) is 1.60. The van der Waals surface area contributed by atoms with E-state index in [0.29, 0.717) is 41.3 Å². The fourth-order valence-electron chi connectivity index (χ4n) is 3.34. The fourth-order valence-corrected chi connectivity index (χ4v) is 3.34. The molecule has 0 aliphatic rings. The van der Waals surface area contributed by atoms with Gasteiger partial charge in [0.15, 0.2) is 11.6 Å². The van der Waals surface area contributed by atoms with E-state index in [1.165, 1.54) is 6.92 Å². The summed E-state index contributed by atoms with van der Waals surface area (Å²) in [5, 5.41) is 20.3. The largest absolute Gasteiger partial charge is 0.497 e. The maximum absolute atomic E-state index is 11.4. The van der Waals surface area contributed by atoms with Crippen molar-refractivity contribution in [3.8, 4) is 5.75 Å². The first-order chi connectivity index (χ1) is 16.5. The Kier molecular flexibility index (Phi) is 7.01. The van der Waals surface area contributed by atoms with E-state index in [0.717, 1.165) is 29.8 Å². The lowest BCUT2D eigenvalue weighted by atomic mass is 10.1. The average Bonchev–Trinajstić information content (AvgIpc) is 3.44. The van der Waals surface area contributed by atoms with Crippen molar-refractivity contribution in [1.29, 1.82) is 0 Å². The molecule has 34 heavy (non-hydrogen) atoms. The molecular formula is C23H26N8O3. The molecule has 0 aliphatic heterocycles. The van der Waals surface area contributed by atoms with E-state index in [1.54, 1.807) is 25.4 Å². The lowest BCUT2D eigenvalue weighted by Gasteiger charge is -2.09. The Hall–Kier alpha value is -4.41. The predicted octanol–water partition coefficient (Wildman–Crippen LogP) is 3.60. The van der Waals surface area contributed by atoms with E-state index in [9.17, 15) is 4.79 Å². The van der Waals surface area contributed by atoms with Gasteiger partial charge in [-0.25, -0.2) is 4.98 Å². The zero-order valence-electron chi connectivity index (χ0n) is 19.2.